The minimum atomic E-state index is 0.0856. The predicted octanol–water partition coefficient (Wildman–Crippen LogP) is 7.10. The van der Waals surface area contributed by atoms with Gasteiger partial charge >= 0.3 is 0 Å². The first-order valence-electron chi connectivity index (χ1n) is 11.3. The van der Waals surface area contributed by atoms with Crippen LogP contribution in [0.2, 0.25) is 0 Å². The Hall–Kier alpha value is -1.12. The second-order valence-electron chi connectivity index (χ2n) is 8.42. The molecule has 1 heterocycles. The zero-order valence-corrected chi connectivity index (χ0v) is 17.2. The van der Waals surface area contributed by atoms with E-state index in [4.69, 9.17) is 9.47 Å². The molecule has 2 heteroatoms. The number of hydrogen-bond acceptors (Lipinski definition) is 2. The van der Waals surface area contributed by atoms with E-state index in [-0.39, 0.29) is 6.29 Å². The Morgan fingerprint density at radius 1 is 1.00 bits per heavy atom. The average molecular weight is 371 g/mol. The minimum Gasteiger partial charge on any atom is -0.353 e. The molecule has 27 heavy (non-hydrogen) atoms. The Kier molecular flexibility index (Phi) is 8.90. The van der Waals surface area contributed by atoms with E-state index in [0.717, 1.165) is 25.6 Å². The predicted molar refractivity (Wildman–Crippen MR) is 114 cm³/mol. The average Bonchev–Trinajstić information content (AvgIpc) is 3.14. The van der Waals surface area contributed by atoms with Crippen LogP contribution in [-0.2, 0) is 9.47 Å². The highest BCUT2D eigenvalue weighted by Crippen LogP contribution is 2.37. The molecule has 0 aromatic heterocycles. The fraction of sp³-hybridized carbons (Fsp3) is 0.680. The molecule has 0 bridgehead atoms. The smallest absolute Gasteiger partial charge is 0.157 e. The van der Waals surface area contributed by atoms with Gasteiger partial charge in [-0.1, -0.05) is 81.9 Å². The van der Waals surface area contributed by atoms with Crippen LogP contribution in [0.25, 0.3) is 6.08 Å². The van der Waals surface area contributed by atoms with Crippen LogP contribution in [0.3, 0.4) is 0 Å². The van der Waals surface area contributed by atoms with Crippen LogP contribution in [-0.4, -0.2) is 19.5 Å². The molecule has 1 aromatic rings. The molecular weight excluding hydrogens is 332 g/mol. The van der Waals surface area contributed by atoms with Gasteiger partial charge in [-0.05, 0) is 49.1 Å². The Morgan fingerprint density at radius 2 is 1.78 bits per heavy atom. The van der Waals surface area contributed by atoms with Crippen LogP contribution >= 0.6 is 0 Å². The van der Waals surface area contributed by atoms with E-state index >= 15 is 0 Å². The second-order valence-corrected chi connectivity index (χ2v) is 8.42. The summed E-state index contributed by atoms with van der Waals surface area (Å²) < 4.78 is 11.4. The molecule has 1 fully saturated rings. The number of fused-ring (bicyclic) bond motifs is 1. The van der Waals surface area contributed by atoms with Crippen molar-refractivity contribution in [1.82, 2.24) is 0 Å². The molecule has 0 N–H and O–H groups in total. The molecule has 3 unspecified atom stereocenters. The van der Waals surface area contributed by atoms with E-state index in [1.165, 1.54) is 75.3 Å². The molecule has 0 radical (unpaired) electrons. The van der Waals surface area contributed by atoms with Crippen molar-refractivity contribution >= 4 is 6.08 Å². The van der Waals surface area contributed by atoms with Crippen molar-refractivity contribution in [3.63, 3.8) is 0 Å². The molecule has 0 saturated carbocycles. The molecule has 2 nitrogen and oxygen atoms in total. The van der Waals surface area contributed by atoms with E-state index in [1.54, 1.807) is 0 Å². The van der Waals surface area contributed by atoms with Gasteiger partial charge < -0.3 is 9.47 Å². The van der Waals surface area contributed by atoms with Gasteiger partial charge in [-0.2, -0.15) is 0 Å². The van der Waals surface area contributed by atoms with Crippen molar-refractivity contribution in [2.75, 3.05) is 13.2 Å². The summed E-state index contributed by atoms with van der Waals surface area (Å²) in [5.74, 6) is 1.39. The molecular formula is C25H38O2. The first-order valence-corrected chi connectivity index (χ1v) is 11.3. The van der Waals surface area contributed by atoms with Crippen molar-refractivity contribution in [3.05, 3.63) is 41.5 Å². The van der Waals surface area contributed by atoms with E-state index in [1.807, 2.05) is 0 Å². The summed E-state index contributed by atoms with van der Waals surface area (Å²) >= 11 is 0. The van der Waals surface area contributed by atoms with Crippen molar-refractivity contribution in [3.8, 4) is 0 Å². The monoisotopic (exact) mass is 370 g/mol. The third-order valence-corrected chi connectivity index (χ3v) is 6.20. The van der Waals surface area contributed by atoms with Gasteiger partial charge in [0.25, 0.3) is 0 Å². The molecule has 0 amide bonds. The van der Waals surface area contributed by atoms with Gasteiger partial charge in [0.05, 0.1) is 0 Å². The topological polar surface area (TPSA) is 18.5 Å². The molecule has 1 saturated heterocycles. The fourth-order valence-corrected chi connectivity index (χ4v) is 4.46. The summed E-state index contributed by atoms with van der Waals surface area (Å²) in [6.45, 7) is 4.18. The third kappa shape index (κ3) is 6.76. The van der Waals surface area contributed by atoms with Gasteiger partial charge in [0.1, 0.15) is 0 Å². The Morgan fingerprint density at radius 3 is 2.59 bits per heavy atom. The Labute approximate surface area is 166 Å². The van der Waals surface area contributed by atoms with Gasteiger partial charge in [0, 0.05) is 19.1 Å². The zero-order chi connectivity index (χ0) is 18.7. The van der Waals surface area contributed by atoms with E-state index < -0.39 is 0 Å². The summed E-state index contributed by atoms with van der Waals surface area (Å²) in [7, 11) is 0. The van der Waals surface area contributed by atoms with Gasteiger partial charge in [-0.3, -0.25) is 0 Å². The lowest BCUT2D eigenvalue weighted by Crippen LogP contribution is -2.22. The molecule has 150 valence electrons. The van der Waals surface area contributed by atoms with Gasteiger partial charge in [0.2, 0.25) is 0 Å². The highest BCUT2D eigenvalue weighted by Gasteiger charge is 2.22. The normalized spacial score (nSPS) is 22.7. The number of benzene rings is 1. The van der Waals surface area contributed by atoms with Crippen molar-refractivity contribution in [2.45, 2.75) is 89.8 Å². The summed E-state index contributed by atoms with van der Waals surface area (Å²) in [6.07, 6.45) is 19.0. The largest absolute Gasteiger partial charge is 0.353 e. The maximum absolute atomic E-state index is 5.80. The summed E-state index contributed by atoms with van der Waals surface area (Å²) in [5.41, 5.74) is 2.96. The minimum absolute atomic E-state index is 0.0856. The lowest BCUT2D eigenvalue weighted by atomic mass is 9.85. The zero-order valence-electron chi connectivity index (χ0n) is 17.2. The number of unbranched alkanes of at least 4 members (excludes halogenated alkanes) is 6. The SMILES string of the molecule is CC(CCCCCCCCCOC1CCCCO1)C1C=Cc2ccccc21. The van der Waals surface area contributed by atoms with Crippen LogP contribution in [0.15, 0.2) is 30.3 Å². The van der Waals surface area contributed by atoms with E-state index in [9.17, 15) is 0 Å². The molecule has 3 rings (SSSR count). The van der Waals surface area contributed by atoms with Crippen molar-refractivity contribution in [2.24, 2.45) is 5.92 Å². The van der Waals surface area contributed by atoms with Crippen LogP contribution < -0.4 is 0 Å². The Balaban J connectivity index is 1.15. The van der Waals surface area contributed by atoms with E-state index in [0.29, 0.717) is 5.92 Å². The number of ether oxygens (including phenoxy) is 2. The molecule has 1 aliphatic carbocycles. The highest BCUT2D eigenvalue weighted by molar-refractivity contribution is 5.62. The lowest BCUT2D eigenvalue weighted by molar-refractivity contribution is -0.162. The van der Waals surface area contributed by atoms with Crippen molar-refractivity contribution < 1.29 is 9.47 Å². The quantitative estimate of drug-likeness (QED) is 0.365. The first-order chi connectivity index (χ1) is 13.3. The van der Waals surface area contributed by atoms with Crippen LogP contribution in [0.5, 0.6) is 0 Å². The number of hydrogen-bond donors (Lipinski definition) is 0. The van der Waals surface area contributed by atoms with Gasteiger partial charge in [-0.15, -0.1) is 0 Å². The number of rotatable bonds is 12. The number of allylic oxidation sites excluding steroid dienone is 1. The molecule has 3 atom stereocenters. The first kappa shape index (κ1) is 20.6. The molecule has 2 aliphatic rings. The second kappa shape index (κ2) is 11.7. The maximum atomic E-state index is 5.80. The summed E-state index contributed by atoms with van der Waals surface area (Å²) in [6, 6.07) is 8.87. The third-order valence-electron chi connectivity index (χ3n) is 6.20. The molecule has 1 aromatic carbocycles. The van der Waals surface area contributed by atoms with E-state index in [2.05, 4.69) is 43.3 Å². The van der Waals surface area contributed by atoms with Gasteiger partial charge in [-0.25, -0.2) is 0 Å². The standard InChI is InChI=1S/C25H38O2/c1-21(23-18-17-22-14-8-9-15-24(22)23)13-7-5-3-2-4-6-11-19-26-25-16-10-12-20-27-25/h8-9,14-15,17-18,21,23,25H,2-7,10-13,16,19-20H2,1H3. The van der Waals surface area contributed by atoms with Crippen molar-refractivity contribution in [1.29, 1.82) is 0 Å². The summed E-state index contributed by atoms with van der Waals surface area (Å²) in [5, 5.41) is 0. The molecule has 0 spiro atoms. The fourth-order valence-electron chi connectivity index (χ4n) is 4.46. The lowest BCUT2D eigenvalue weighted by Gasteiger charge is -2.22. The molecule has 1 aliphatic heterocycles. The Bertz CT molecular complexity index is 559. The van der Waals surface area contributed by atoms with Gasteiger partial charge in [0.15, 0.2) is 6.29 Å². The van der Waals surface area contributed by atoms with Crippen LogP contribution in [0.4, 0.5) is 0 Å². The van der Waals surface area contributed by atoms with Crippen LogP contribution in [0.1, 0.15) is 94.6 Å². The summed E-state index contributed by atoms with van der Waals surface area (Å²) in [4.78, 5) is 0. The highest BCUT2D eigenvalue weighted by atomic mass is 16.7. The van der Waals surface area contributed by atoms with Crippen LogP contribution in [0, 0.1) is 5.92 Å². The maximum Gasteiger partial charge on any atom is 0.157 e.